The van der Waals surface area contributed by atoms with E-state index in [1.165, 1.54) is 45.1 Å². The molecule has 1 rings (SSSR count). The summed E-state index contributed by atoms with van der Waals surface area (Å²) in [5.41, 5.74) is 0. The van der Waals surface area contributed by atoms with E-state index in [1.807, 2.05) is 0 Å². The van der Waals surface area contributed by atoms with Crippen LogP contribution in [-0.2, 0) is 0 Å². The number of nitrogens with one attached hydrogen (secondary N) is 1. The van der Waals surface area contributed by atoms with Crippen molar-refractivity contribution < 1.29 is 0 Å². The smallest absolute Gasteiger partial charge is 0.00924 e. The van der Waals surface area contributed by atoms with Gasteiger partial charge in [0.2, 0.25) is 0 Å². The molecule has 0 aromatic carbocycles. The first-order chi connectivity index (χ1) is 8.13. The van der Waals surface area contributed by atoms with Crippen LogP contribution in [0.25, 0.3) is 0 Å². The number of hydrogen-bond donors (Lipinski definition) is 1. The van der Waals surface area contributed by atoms with Gasteiger partial charge in [-0.1, -0.05) is 27.2 Å². The topological polar surface area (TPSA) is 15.3 Å². The van der Waals surface area contributed by atoms with Crippen LogP contribution in [0.15, 0.2) is 0 Å². The van der Waals surface area contributed by atoms with Gasteiger partial charge in [0, 0.05) is 12.1 Å². The fraction of sp³-hybridized carbons (Fsp3) is 1.00. The maximum atomic E-state index is 3.49. The number of nitrogens with zero attached hydrogens (tertiary/aromatic N) is 1. The van der Waals surface area contributed by atoms with Crippen LogP contribution in [0, 0.1) is 5.92 Å². The van der Waals surface area contributed by atoms with E-state index in [0.717, 1.165) is 18.5 Å². The van der Waals surface area contributed by atoms with Crippen molar-refractivity contribution in [1.29, 1.82) is 0 Å². The van der Waals surface area contributed by atoms with Crippen LogP contribution in [-0.4, -0.2) is 37.1 Å². The molecule has 0 aliphatic heterocycles. The molecule has 17 heavy (non-hydrogen) atoms. The summed E-state index contributed by atoms with van der Waals surface area (Å²) < 4.78 is 0. The summed E-state index contributed by atoms with van der Waals surface area (Å²) in [6, 6.07) is 1.48. The maximum absolute atomic E-state index is 3.49. The van der Waals surface area contributed by atoms with Gasteiger partial charge in [0.15, 0.2) is 0 Å². The zero-order chi connectivity index (χ0) is 12.7. The average Bonchev–Trinajstić information content (AvgIpc) is 2.34. The first-order valence-electron chi connectivity index (χ1n) is 7.57. The Morgan fingerprint density at radius 3 is 2.35 bits per heavy atom. The highest BCUT2D eigenvalue weighted by Crippen LogP contribution is 2.28. The lowest BCUT2D eigenvalue weighted by atomic mass is 9.84. The lowest BCUT2D eigenvalue weighted by Crippen LogP contribution is -2.37. The summed E-state index contributed by atoms with van der Waals surface area (Å²) >= 11 is 0. The van der Waals surface area contributed by atoms with Gasteiger partial charge in [-0.15, -0.1) is 0 Å². The molecule has 1 aliphatic carbocycles. The number of hydrogen-bond acceptors (Lipinski definition) is 2. The van der Waals surface area contributed by atoms with E-state index in [1.54, 1.807) is 0 Å². The Morgan fingerprint density at radius 2 is 1.82 bits per heavy atom. The standard InChI is InChI=1S/C15H32N2/c1-5-14-7-9-15(10-8-14)17(4)12-6-11-16-13(2)3/h13-16H,5-12H2,1-4H3. The third kappa shape index (κ3) is 5.87. The summed E-state index contributed by atoms with van der Waals surface area (Å²) in [7, 11) is 2.31. The quantitative estimate of drug-likeness (QED) is 0.687. The third-order valence-corrected chi connectivity index (χ3v) is 4.26. The molecule has 102 valence electrons. The van der Waals surface area contributed by atoms with Gasteiger partial charge in [-0.2, -0.15) is 0 Å². The van der Waals surface area contributed by atoms with Gasteiger partial charge in [-0.3, -0.25) is 0 Å². The van der Waals surface area contributed by atoms with Crippen molar-refractivity contribution in [1.82, 2.24) is 10.2 Å². The van der Waals surface area contributed by atoms with E-state index < -0.39 is 0 Å². The molecular weight excluding hydrogens is 208 g/mol. The molecular formula is C15H32N2. The van der Waals surface area contributed by atoms with Crippen LogP contribution in [0.1, 0.15) is 59.3 Å². The highest BCUT2D eigenvalue weighted by Gasteiger charge is 2.22. The van der Waals surface area contributed by atoms with Gasteiger partial charge in [-0.25, -0.2) is 0 Å². The largest absolute Gasteiger partial charge is 0.314 e. The van der Waals surface area contributed by atoms with E-state index >= 15 is 0 Å². The van der Waals surface area contributed by atoms with Crippen LogP contribution in [0.3, 0.4) is 0 Å². The van der Waals surface area contributed by atoms with Crippen LogP contribution >= 0.6 is 0 Å². The minimum Gasteiger partial charge on any atom is -0.314 e. The molecule has 0 heterocycles. The molecule has 1 N–H and O–H groups in total. The van der Waals surface area contributed by atoms with Crippen molar-refractivity contribution in [3.8, 4) is 0 Å². The summed E-state index contributed by atoms with van der Waals surface area (Å²) in [4.78, 5) is 2.59. The zero-order valence-electron chi connectivity index (χ0n) is 12.3. The van der Waals surface area contributed by atoms with Crippen LogP contribution < -0.4 is 5.32 Å². The SMILES string of the molecule is CCC1CCC(N(C)CCCNC(C)C)CC1. The summed E-state index contributed by atoms with van der Waals surface area (Å²) in [6.45, 7) is 9.19. The molecule has 0 bridgehead atoms. The van der Waals surface area contributed by atoms with Crippen LogP contribution in [0.2, 0.25) is 0 Å². The summed E-state index contributed by atoms with van der Waals surface area (Å²) in [6.07, 6.45) is 8.42. The Balaban J connectivity index is 2.09. The second kappa shape index (κ2) is 8.10. The highest BCUT2D eigenvalue weighted by molar-refractivity contribution is 4.77. The van der Waals surface area contributed by atoms with E-state index in [9.17, 15) is 0 Å². The minimum absolute atomic E-state index is 0.625. The van der Waals surface area contributed by atoms with Crippen molar-refractivity contribution in [2.45, 2.75) is 71.4 Å². The predicted molar refractivity (Wildman–Crippen MR) is 76.4 cm³/mol. The molecule has 0 aromatic heterocycles. The lowest BCUT2D eigenvalue weighted by Gasteiger charge is -2.34. The molecule has 0 unspecified atom stereocenters. The van der Waals surface area contributed by atoms with Crippen molar-refractivity contribution in [2.75, 3.05) is 20.1 Å². The second-order valence-electron chi connectivity index (χ2n) is 6.03. The highest BCUT2D eigenvalue weighted by atomic mass is 15.1. The molecule has 0 saturated heterocycles. The first kappa shape index (κ1) is 15.0. The van der Waals surface area contributed by atoms with Crippen molar-refractivity contribution in [3.05, 3.63) is 0 Å². The van der Waals surface area contributed by atoms with Crippen LogP contribution in [0.5, 0.6) is 0 Å². The lowest BCUT2D eigenvalue weighted by molar-refractivity contribution is 0.162. The monoisotopic (exact) mass is 240 g/mol. The van der Waals surface area contributed by atoms with E-state index in [2.05, 4.69) is 38.0 Å². The van der Waals surface area contributed by atoms with Gasteiger partial charge in [0.25, 0.3) is 0 Å². The predicted octanol–water partition coefficient (Wildman–Crippen LogP) is 3.28. The van der Waals surface area contributed by atoms with Gasteiger partial charge in [-0.05, 0) is 58.2 Å². The van der Waals surface area contributed by atoms with Crippen LogP contribution in [0.4, 0.5) is 0 Å². The molecule has 0 radical (unpaired) electrons. The van der Waals surface area contributed by atoms with Gasteiger partial charge in [0.1, 0.15) is 0 Å². The Labute approximate surface area is 108 Å². The van der Waals surface area contributed by atoms with E-state index in [0.29, 0.717) is 6.04 Å². The van der Waals surface area contributed by atoms with E-state index in [4.69, 9.17) is 0 Å². The molecule has 2 nitrogen and oxygen atoms in total. The average molecular weight is 240 g/mol. The second-order valence-corrected chi connectivity index (χ2v) is 6.03. The molecule has 2 heteroatoms. The normalized spacial score (nSPS) is 25.8. The van der Waals surface area contributed by atoms with Crippen molar-refractivity contribution in [3.63, 3.8) is 0 Å². The summed E-state index contributed by atoms with van der Waals surface area (Å²) in [5, 5.41) is 3.49. The fourth-order valence-electron chi connectivity index (χ4n) is 2.90. The molecule has 0 atom stereocenters. The molecule has 1 aliphatic rings. The molecule has 1 fully saturated rings. The van der Waals surface area contributed by atoms with E-state index in [-0.39, 0.29) is 0 Å². The zero-order valence-corrected chi connectivity index (χ0v) is 12.3. The molecule has 1 saturated carbocycles. The van der Waals surface area contributed by atoms with Gasteiger partial charge in [0.05, 0.1) is 0 Å². The van der Waals surface area contributed by atoms with Crippen molar-refractivity contribution >= 4 is 0 Å². The number of rotatable bonds is 7. The fourth-order valence-corrected chi connectivity index (χ4v) is 2.90. The van der Waals surface area contributed by atoms with Gasteiger partial charge < -0.3 is 10.2 Å². The van der Waals surface area contributed by atoms with Crippen molar-refractivity contribution in [2.24, 2.45) is 5.92 Å². The Morgan fingerprint density at radius 1 is 1.18 bits per heavy atom. The van der Waals surface area contributed by atoms with Gasteiger partial charge >= 0.3 is 0 Å². The Hall–Kier alpha value is -0.0800. The third-order valence-electron chi connectivity index (χ3n) is 4.26. The summed E-state index contributed by atoms with van der Waals surface area (Å²) in [5.74, 6) is 1.02. The maximum Gasteiger partial charge on any atom is 0.00924 e. The Kier molecular flexibility index (Phi) is 7.14. The molecule has 0 amide bonds. The minimum atomic E-state index is 0.625. The Bertz CT molecular complexity index is 183. The molecule has 0 aromatic rings. The first-order valence-corrected chi connectivity index (χ1v) is 7.57. The molecule has 0 spiro atoms.